The van der Waals surface area contributed by atoms with E-state index in [4.69, 9.17) is 6.42 Å². The number of terminal acetylenes is 1. The molecule has 15 heteroatoms. The van der Waals surface area contributed by atoms with Gasteiger partial charge in [-0.3, -0.25) is 0 Å². The van der Waals surface area contributed by atoms with Crippen LogP contribution in [0.5, 0.6) is 0 Å². The zero-order chi connectivity index (χ0) is 17.8. The van der Waals surface area contributed by atoms with Gasteiger partial charge in [0, 0.05) is 0 Å². The second-order valence-electron chi connectivity index (χ2n) is 2.98. The third-order valence-corrected chi connectivity index (χ3v) is 4.77. The first-order valence-corrected chi connectivity index (χ1v) is 8.23. The van der Waals surface area contributed by atoms with Crippen molar-refractivity contribution in [1.29, 1.82) is 0 Å². The van der Waals surface area contributed by atoms with Crippen molar-refractivity contribution in [3.8, 4) is 12.5 Å². The average molecular weight is 390 g/mol. The molecule has 0 bridgehead atoms. The lowest BCUT2D eigenvalue weighted by Gasteiger charge is -2.22. The second kappa shape index (κ2) is 6.81. The summed E-state index contributed by atoms with van der Waals surface area (Å²) < 4.78 is 111. The molecule has 0 aromatic carbocycles. The zero-order valence-corrected chi connectivity index (χ0v) is 12.3. The van der Waals surface area contributed by atoms with Crippen molar-refractivity contribution < 1.29 is 47.7 Å². The molecule has 1 aromatic rings. The van der Waals surface area contributed by atoms with Crippen molar-refractivity contribution in [2.24, 2.45) is 0 Å². The number of sulfonamides is 2. The summed E-state index contributed by atoms with van der Waals surface area (Å²) >= 11 is 1.58. The van der Waals surface area contributed by atoms with Crippen molar-refractivity contribution in [2.75, 3.05) is 0 Å². The molecular weight excluding hydrogens is 386 g/mol. The summed E-state index contributed by atoms with van der Waals surface area (Å²) in [6.07, 6.45) is 6.85. The van der Waals surface area contributed by atoms with Gasteiger partial charge in [-0.05, 0) is 6.42 Å². The minimum Gasteiger partial charge on any atom is -0.421 e. The first-order chi connectivity index (χ1) is 9.64. The minimum atomic E-state index is -6.72. The van der Waals surface area contributed by atoms with Crippen molar-refractivity contribution in [2.45, 2.75) is 11.0 Å². The molecule has 0 N–H and O–H groups in total. The molecule has 0 unspecified atom stereocenters. The molecule has 0 fully saturated rings. The van der Waals surface area contributed by atoms with Crippen LogP contribution in [0.1, 0.15) is 0 Å². The highest BCUT2D eigenvalue weighted by atomic mass is 32.3. The van der Waals surface area contributed by atoms with Gasteiger partial charge in [-0.1, -0.05) is 11.3 Å². The number of nitrogens with zero attached hydrogens (tertiary/aromatic N) is 2. The summed E-state index contributed by atoms with van der Waals surface area (Å²) in [5.74, 6) is 0. The third-order valence-electron chi connectivity index (χ3n) is 1.40. The molecule has 0 spiro atoms. The third kappa shape index (κ3) is 5.79. The van der Waals surface area contributed by atoms with Crippen molar-refractivity contribution in [3.63, 3.8) is 0 Å². The van der Waals surface area contributed by atoms with Gasteiger partial charge < -0.3 is 4.13 Å². The van der Waals surface area contributed by atoms with Gasteiger partial charge in [-0.15, -0.1) is 4.57 Å². The normalized spacial score (nSPS) is 13.0. The Hall–Kier alpha value is -1.37. The Labute approximate surface area is 124 Å². The van der Waals surface area contributed by atoms with Crippen LogP contribution < -0.4 is 4.57 Å². The predicted octanol–water partition coefficient (Wildman–Crippen LogP) is 1.53. The molecule has 0 saturated carbocycles. The van der Waals surface area contributed by atoms with E-state index in [9.17, 15) is 43.2 Å². The van der Waals surface area contributed by atoms with E-state index in [1.165, 1.54) is 0 Å². The molecule has 0 atom stereocenters. The maximum absolute atomic E-state index is 11.4. The van der Waals surface area contributed by atoms with E-state index < -0.39 is 31.1 Å². The smallest absolute Gasteiger partial charge is 0.421 e. The number of thiazole rings is 1. The van der Waals surface area contributed by atoms with E-state index >= 15 is 0 Å². The summed E-state index contributed by atoms with van der Waals surface area (Å²) in [4.78, 5) is 0. The lowest BCUT2D eigenvalue weighted by Crippen LogP contribution is -2.30. The Morgan fingerprint density at radius 2 is 1.41 bits per heavy atom. The van der Waals surface area contributed by atoms with Crippen LogP contribution in [0.2, 0.25) is 0 Å². The summed E-state index contributed by atoms with van der Waals surface area (Å²) in [6.45, 7) is 0. The highest BCUT2D eigenvalue weighted by Gasteiger charge is 2.46. The molecule has 126 valence electrons. The molecule has 0 radical (unpaired) electrons. The van der Waals surface area contributed by atoms with Gasteiger partial charge in [0.25, 0.3) is 0 Å². The summed E-state index contributed by atoms with van der Waals surface area (Å²) in [5.41, 5.74) is -10.5. The highest BCUT2D eigenvalue weighted by molar-refractivity contribution is 8.13. The number of rotatable bonds is 2. The average Bonchev–Trinajstić information content (AvgIpc) is 2.77. The topological polar surface area (TPSA) is 86.3 Å². The molecule has 1 rings (SSSR count). The largest absolute Gasteiger partial charge is 0.480 e. The number of aromatic nitrogens is 1. The quantitative estimate of drug-likeness (QED) is 0.436. The van der Waals surface area contributed by atoms with Crippen LogP contribution >= 0.6 is 11.3 Å². The molecule has 0 saturated heterocycles. The van der Waals surface area contributed by atoms with Crippen LogP contribution in [0.3, 0.4) is 0 Å². The number of hydrogen-bond donors (Lipinski definition) is 0. The van der Waals surface area contributed by atoms with E-state index in [0.29, 0.717) is 0 Å². The Morgan fingerprint density at radius 1 is 1.00 bits per heavy atom. The van der Waals surface area contributed by atoms with Gasteiger partial charge in [0.2, 0.25) is 11.6 Å². The van der Waals surface area contributed by atoms with Gasteiger partial charge in [-0.25, -0.2) is 16.8 Å². The van der Waals surface area contributed by atoms with Crippen LogP contribution in [0, 0.1) is 12.5 Å². The van der Waals surface area contributed by atoms with E-state index in [2.05, 4.69) is 6.04 Å². The Balaban J connectivity index is 0.000000518. The Morgan fingerprint density at radius 3 is 1.59 bits per heavy atom. The zero-order valence-electron chi connectivity index (χ0n) is 9.83. The van der Waals surface area contributed by atoms with Gasteiger partial charge in [-0.2, -0.15) is 26.3 Å². The fourth-order valence-corrected chi connectivity index (χ4v) is 2.77. The maximum Gasteiger partial charge on any atom is 0.480 e. The van der Waals surface area contributed by atoms with Crippen LogP contribution in [0.15, 0.2) is 17.1 Å². The van der Waals surface area contributed by atoms with Crippen molar-refractivity contribution >= 4 is 31.4 Å². The summed E-state index contributed by atoms with van der Waals surface area (Å²) in [5, 5.41) is 1.93. The molecule has 1 heterocycles. The minimum absolute atomic E-state index is 0.778. The second-order valence-corrected chi connectivity index (χ2v) is 7.16. The number of alkyl halides is 6. The SMILES string of the molecule is C#C[n+]1ccsc1.O=S(=O)([N-]S(=O)(=O)C(F)(F)F)C(F)(F)F. The van der Waals surface area contributed by atoms with E-state index in [1.807, 2.05) is 17.1 Å². The molecule has 22 heavy (non-hydrogen) atoms. The fourth-order valence-electron chi connectivity index (χ4n) is 0.524. The molecule has 1 aromatic heterocycles. The number of halogens is 6. The Kier molecular flexibility index (Phi) is 6.39. The van der Waals surface area contributed by atoms with E-state index in [0.717, 1.165) is 4.13 Å². The monoisotopic (exact) mass is 390 g/mol. The number of hydrogen-bond acceptors (Lipinski definition) is 5. The molecule has 0 aliphatic carbocycles. The van der Waals surface area contributed by atoms with E-state index in [1.54, 1.807) is 15.9 Å². The lowest BCUT2D eigenvalue weighted by atomic mass is 10.9. The first-order valence-electron chi connectivity index (χ1n) is 4.41. The lowest BCUT2D eigenvalue weighted by molar-refractivity contribution is -0.577. The molecular formula is C7H4F6N2O4S3. The van der Waals surface area contributed by atoms with Crippen LogP contribution in [-0.4, -0.2) is 27.9 Å². The fraction of sp³-hybridized carbons (Fsp3) is 0.286. The predicted molar refractivity (Wildman–Crippen MR) is 62.1 cm³/mol. The summed E-state index contributed by atoms with van der Waals surface area (Å²) in [7, 11) is -13.4. The highest BCUT2D eigenvalue weighted by Crippen LogP contribution is 2.36. The van der Waals surface area contributed by atoms with Gasteiger partial charge in [0.05, 0.1) is 5.38 Å². The van der Waals surface area contributed by atoms with Crippen molar-refractivity contribution in [1.82, 2.24) is 0 Å². The van der Waals surface area contributed by atoms with Crippen LogP contribution in [0.25, 0.3) is 4.13 Å². The summed E-state index contributed by atoms with van der Waals surface area (Å²) in [6, 6.07) is 2.43. The van der Waals surface area contributed by atoms with E-state index in [-0.39, 0.29) is 0 Å². The molecule has 0 aliphatic rings. The standard InChI is InChI=1S/C5H4NS.C2F6NO4S2/c1-2-6-3-4-7-5-6;3-1(4,5)14(10,11)9-15(12,13)2(6,7)8/h1,3-5H;/q+1;-1. The van der Waals surface area contributed by atoms with Crippen LogP contribution in [0.4, 0.5) is 26.3 Å². The molecule has 0 aliphatic heterocycles. The van der Waals surface area contributed by atoms with Gasteiger partial charge in [0.1, 0.15) is 0 Å². The maximum atomic E-state index is 11.4. The first kappa shape index (κ1) is 20.6. The van der Waals surface area contributed by atoms with Crippen molar-refractivity contribution in [3.05, 3.63) is 21.2 Å². The van der Waals surface area contributed by atoms with Gasteiger partial charge in [0.15, 0.2) is 26.2 Å². The van der Waals surface area contributed by atoms with Crippen LogP contribution in [-0.2, 0) is 20.0 Å². The molecule has 0 amide bonds. The molecule has 6 nitrogen and oxygen atoms in total. The Bertz CT molecular complexity index is 685. The van der Waals surface area contributed by atoms with Gasteiger partial charge >= 0.3 is 11.0 Å².